The van der Waals surface area contributed by atoms with Gasteiger partial charge in [0.2, 0.25) is 10.0 Å². The van der Waals surface area contributed by atoms with Gasteiger partial charge in [0.1, 0.15) is 17.5 Å². The molecule has 10 heteroatoms. The highest BCUT2D eigenvalue weighted by Crippen LogP contribution is 2.22. The topological polar surface area (TPSA) is 75.7 Å². The van der Waals surface area contributed by atoms with Gasteiger partial charge in [-0.3, -0.25) is 4.79 Å². The fraction of sp³-hybridized carbons (Fsp3) is 0.235. The molecule has 1 saturated heterocycles. The van der Waals surface area contributed by atoms with Crippen LogP contribution in [0.4, 0.5) is 18.9 Å². The van der Waals surface area contributed by atoms with Crippen molar-refractivity contribution in [3.8, 4) is 0 Å². The molecule has 144 valence electrons. The molecule has 3 rings (SSSR count). The minimum absolute atomic E-state index is 0.135. The molecule has 0 aromatic heterocycles. The van der Waals surface area contributed by atoms with E-state index in [1.165, 1.54) is 0 Å². The lowest BCUT2D eigenvalue weighted by Gasteiger charge is -2.26. The zero-order chi connectivity index (χ0) is 19.6. The minimum atomic E-state index is -3.95. The number of carbonyl (C=O) groups is 1. The van der Waals surface area contributed by atoms with Crippen molar-refractivity contribution >= 4 is 21.6 Å². The third kappa shape index (κ3) is 4.12. The molecule has 27 heavy (non-hydrogen) atoms. The number of anilines is 1. The zero-order valence-electron chi connectivity index (χ0n) is 13.9. The molecular weight excluding hydrogens is 385 g/mol. The summed E-state index contributed by atoms with van der Waals surface area (Å²) in [7, 11) is -3.95. The van der Waals surface area contributed by atoms with Gasteiger partial charge in [-0.25, -0.2) is 21.6 Å². The van der Waals surface area contributed by atoms with E-state index in [9.17, 15) is 26.4 Å². The Morgan fingerprint density at radius 2 is 1.67 bits per heavy atom. The molecule has 1 N–H and O–H groups in total. The van der Waals surface area contributed by atoms with Crippen LogP contribution >= 0.6 is 0 Å². The molecule has 0 aliphatic carbocycles. The largest absolute Gasteiger partial charge is 0.379 e. The maximum absolute atomic E-state index is 14.1. The molecule has 1 heterocycles. The summed E-state index contributed by atoms with van der Waals surface area (Å²) in [5, 5.41) is 2.04. The number of sulfonamides is 1. The summed E-state index contributed by atoms with van der Waals surface area (Å²) in [5.74, 6) is -3.81. The molecule has 1 fully saturated rings. The second-order valence-electron chi connectivity index (χ2n) is 5.74. The van der Waals surface area contributed by atoms with Crippen LogP contribution in [0.1, 0.15) is 10.4 Å². The number of hydrogen-bond donors (Lipinski definition) is 1. The molecule has 0 saturated carbocycles. The van der Waals surface area contributed by atoms with Gasteiger partial charge in [-0.05, 0) is 30.3 Å². The number of benzene rings is 2. The number of rotatable bonds is 4. The normalized spacial score (nSPS) is 15.5. The van der Waals surface area contributed by atoms with Gasteiger partial charge in [-0.2, -0.15) is 4.31 Å². The lowest BCUT2D eigenvalue weighted by molar-refractivity contribution is 0.0730. The SMILES string of the molecule is O=C(Nc1cc(F)ccc1F)c1cc(S(=O)(=O)N2CCOCC2)ccc1F. The van der Waals surface area contributed by atoms with E-state index < -0.39 is 44.6 Å². The van der Waals surface area contributed by atoms with Crippen molar-refractivity contribution in [1.29, 1.82) is 0 Å². The van der Waals surface area contributed by atoms with Crippen LogP contribution in [-0.2, 0) is 14.8 Å². The molecule has 6 nitrogen and oxygen atoms in total. The van der Waals surface area contributed by atoms with E-state index in [4.69, 9.17) is 4.74 Å². The Labute approximate surface area is 153 Å². The minimum Gasteiger partial charge on any atom is -0.379 e. The number of nitrogens with zero attached hydrogens (tertiary/aromatic N) is 1. The quantitative estimate of drug-likeness (QED) is 0.855. The van der Waals surface area contributed by atoms with E-state index in [0.717, 1.165) is 40.7 Å². The Morgan fingerprint density at radius 3 is 2.37 bits per heavy atom. The first-order valence-electron chi connectivity index (χ1n) is 7.93. The average molecular weight is 400 g/mol. The van der Waals surface area contributed by atoms with Gasteiger partial charge in [-0.15, -0.1) is 0 Å². The van der Waals surface area contributed by atoms with Crippen molar-refractivity contribution in [2.45, 2.75) is 4.90 Å². The predicted octanol–water partition coefficient (Wildman–Crippen LogP) is 2.38. The molecule has 0 spiro atoms. The van der Waals surface area contributed by atoms with Crippen molar-refractivity contribution < 1.29 is 31.1 Å². The van der Waals surface area contributed by atoms with E-state index in [-0.39, 0.29) is 31.2 Å². The van der Waals surface area contributed by atoms with Crippen LogP contribution in [-0.4, -0.2) is 44.9 Å². The summed E-state index contributed by atoms with van der Waals surface area (Å²) in [6, 6.07) is 5.15. The second-order valence-corrected chi connectivity index (χ2v) is 7.67. The lowest BCUT2D eigenvalue weighted by atomic mass is 10.2. The van der Waals surface area contributed by atoms with Crippen molar-refractivity contribution in [2.24, 2.45) is 0 Å². The van der Waals surface area contributed by atoms with Gasteiger partial charge in [0.05, 0.1) is 29.4 Å². The van der Waals surface area contributed by atoms with E-state index in [0.29, 0.717) is 0 Å². The van der Waals surface area contributed by atoms with Gasteiger partial charge in [0.15, 0.2) is 0 Å². The van der Waals surface area contributed by atoms with Crippen LogP contribution in [0.25, 0.3) is 0 Å². The van der Waals surface area contributed by atoms with E-state index in [2.05, 4.69) is 0 Å². The second kappa shape index (κ2) is 7.67. The smallest absolute Gasteiger partial charge is 0.258 e. The van der Waals surface area contributed by atoms with Crippen LogP contribution in [0, 0.1) is 17.5 Å². The van der Waals surface area contributed by atoms with Crippen molar-refractivity contribution in [1.82, 2.24) is 4.31 Å². The van der Waals surface area contributed by atoms with E-state index >= 15 is 0 Å². The van der Waals surface area contributed by atoms with Gasteiger partial charge >= 0.3 is 0 Å². The number of carbonyl (C=O) groups excluding carboxylic acids is 1. The van der Waals surface area contributed by atoms with Crippen LogP contribution in [0.3, 0.4) is 0 Å². The molecule has 0 atom stereocenters. The highest BCUT2D eigenvalue weighted by Gasteiger charge is 2.28. The molecule has 0 bridgehead atoms. The number of hydrogen-bond acceptors (Lipinski definition) is 4. The summed E-state index contributed by atoms with van der Waals surface area (Å²) < 4.78 is 72.5. The molecule has 1 aliphatic heterocycles. The Balaban J connectivity index is 1.91. The number of nitrogens with one attached hydrogen (secondary N) is 1. The lowest BCUT2D eigenvalue weighted by Crippen LogP contribution is -2.40. The molecular formula is C17H15F3N2O4S. The predicted molar refractivity (Wildman–Crippen MR) is 90.3 cm³/mol. The highest BCUT2D eigenvalue weighted by atomic mass is 32.2. The van der Waals surface area contributed by atoms with Gasteiger partial charge < -0.3 is 10.1 Å². The Bertz CT molecular complexity index is 976. The van der Waals surface area contributed by atoms with Crippen LogP contribution in [0.15, 0.2) is 41.3 Å². The van der Waals surface area contributed by atoms with Gasteiger partial charge in [0.25, 0.3) is 5.91 Å². The number of ether oxygens (including phenoxy) is 1. The Morgan fingerprint density at radius 1 is 1.00 bits per heavy atom. The fourth-order valence-corrected chi connectivity index (χ4v) is 3.99. The standard InChI is InChI=1S/C17H15F3N2O4S/c18-11-1-3-15(20)16(9-11)21-17(23)13-10-12(2-4-14(13)19)27(24,25)22-5-7-26-8-6-22/h1-4,9-10H,5-8H2,(H,21,23). The first kappa shape index (κ1) is 19.3. The highest BCUT2D eigenvalue weighted by molar-refractivity contribution is 7.89. The first-order valence-corrected chi connectivity index (χ1v) is 9.37. The van der Waals surface area contributed by atoms with E-state index in [1.54, 1.807) is 0 Å². The Hall–Kier alpha value is -2.43. The Kier molecular flexibility index (Phi) is 5.49. The number of amides is 1. The van der Waals surface area contributed by atoms with Gasteiger partial charge in [0, 0.05) is 19.2 Å². The van der Waals surface area contributed by atoms with E-state index in [1.807, 2.05) is 5.32 Å². The third-order valence-electron chi connectivity index (χ3n) is 3.97. The van der Waals surface area contributed by atoms with Crippen molar-refractivity contribution in [3.63, 3.8) is 0 Å². The number of morpholine rings is 1. The average Bonchev–Trinajstić information content (AvgIpc) is 2.65. The van der Waals surface area contributed by atoms with Crippen molar-refractivity contribution in [3.05, 3.63) is 59.4 Å². The van der Waals surface area contributed by atoms with Crippen LogP contribution < -0.4 is 5.32 Å². The van der Waals surface area contributed by atoms with Crippen LogP contribution in [0.2, 0.25) is 0 Å². The fourth-order valence-electron chi connectivity index (χ4n) is 2.56. The molecule has 2 aromatic rings. The van der Waals surface area contributed by atoms with Gasteiger partial charge in [-0.1, -0.05) is 0 Å². The summed E-state index contributed by atoms with van der Waals surface area (Å²) in [6.07, 6.45) is 0. The third-order valence-corrected chi connectivity index (χ3v) is 5.86. The monoisotopic (exact) mass is 400 g/mol. The van der Waals surface area contributed by atoms with Crippen LogP contribution in [0.5, 0.6) is 0 Å². The first-order chi connectivity index (χ1) is 12.8. The maximum Gasteiger partial charge on any atom is 0.258 e. The molecule has 1 aliphatic rings. The molecule has 1 amide bonds. The maximum atomic E-state index is 14.1. The zero-order valence-corrected chi connectivity index (χ0v) is 14.7. The summed E-state index contributed by atoms with van der Waals surface area (Å²) in [5.41, 5.74) is -1.09. The molecule has 2 aromatic carbocycles. The number of halogens is 3. The summed E-state index contributed by atoms with van der Waals surface area (Å²) in [6.45, 7) is 0.727. The van der Waals surface area contributed by atoms with Crippen molar-refractivity contribution in [2.75, 3.05) is 31.6 Å². The molecule has 0 unspecified atom stereocenters. The molecule has 0 radical (unpaired) electrons. The summed E-state index contributed by atoms with van der Waals surface area (Å²) >= 11 is 0. The summed E-state index contributed by atoms with van der Waals surface area (Å²) in [4.78, 5) is 12.0.